The standard InChI is InChI=1S/C13H17NO/c1-3-4-7-12(14)9-11-6-5-8-13(10-11)15-2/h5-6,8,10,12H,7,9,14H2,1-2H3. The molecule has 80 valence electrons. The molecule has 0 aliphatic rings. The second-order valence-electron chi connectivity index (χ2n) is 3.45. The zero-order chi connectivity index (χ0) is 11.1. The molecule has 1 aromatic carbocycles. The molecule has 0 aliphatic carbocycles. The van der Waals surface area contributed by atoms with Gasteiger partial charge in [0.25, 0.3) is 0 Å². The highest BCUT2D eigenvalue weighted by molar-refractivity contribution is 5.29. The number of rotatable bonds is 4. The molecule has 0 bridgehead atoms. The maximum atomic E-state index is 5.94. The maximum absolute atomic E-state index is 5.94. The van der Waals surface area contributed by atoms with Crippen molar-refractivity contribution in [3.63, 3.8) is 0 Å². The Morgan fingerprint density at radius 3 is 2.93 bits per heavy atom. The van der Waals surface area contributed by atoms with E-state index in [2.05, 4.69) is 17.9 Å². The number of benzene rings is 1. The number of ether oxygens (including phenoxy) is 1. The summed E-state index contributed by atoms with van der Waals surface area (Å²) < 4.78 is 5.15. The molecule has 0 saturated carbocycles. The summed E-state index contributed by atoms with van der Waals surface area (Å²) in [5.74, 6) is 6.72. The van der Waals surface area contributed by atoms with E-state index in [0.29, 0.717) is 0 Å². The lowest BCUT2D eigenvalue weighted by atomic mass is 10.0. The number of hydrogen-bond donors (Lipinski definition) is 1. The summed E-state index contributed by atoms with van der Waals surface area (Å²) in [6.07, 6.45) is 1.58. The Morgan fingerprint density at radius 2 is 2.27 bits per heavy atom. The molecule has 0 spiro atoms. The Balaban J connectivity index is 2.58. The van der Waals surface area contributed by atoms with Crippen LogP contribution >= 0.6 is 0 Å². The third-order valence-electron chi connectivity index (χ3n) is 2.17. The highest BCUT2D eigenvalue weighted by Gasteiger charge is 2.03. The first-order valence-corrected chi connectivity index (χ1v) is 5.04. The third kappa shape index (κ3) is 4.05. The Kier molecular flexibility index (Phi) is 4.73. The molecular formula is C13H17NO. The van der Waals surface area contributed by atoms with Crippen molar-refractivity contribution in [1.82, 2.24) is 0 Å². The molecule has 2 N–H and O–H groups in total. The van der Waals surface area contributed by atoms with Gasteiger partial charge < -0.3 is 10.5 Å². The predicted octanol–water partition coefficient (Wildman–Crippen LogP) is 1.98. The van der Waals surface area contributed by atoms with E-state index in [1.807, 2.05) is 25.1 Å². The minimum atomic E-state index is 0.101. The van der Waals surface area contributed by atoms with E-state index in [4.69, 9.17) is 10.5 Å². The summed E-state index contributed by atoms with van der Waals surface area (Å²) in [4.78, 5) is 0. The summed E-state index contributed by atoms with van der Waals surface area (Å²) in [5, 5.41) is 0. The van der Waals surface area contributed by atoms with E-state index in [9.17, 15) is 0 Å². The minimum Gasteiger partial charge on any atom is -0.497 e. The van der Waals surface area contributed by atoms with Crippen LogP contribution in [0.3, 0.4) is 0 Å². The van der Waals surface area contributed by atoms with Crippen LogP contribution in [0.4, 0.5) is 0 Å². The highest BCUT2D eigenvalue weighted by Crippen LogP contribution is 2.14. The van der Waals surface area contributed by atoms with Crippen molar-refractivity contribution in [3.05, 3.63) is 29.8 Å². The van der Waals surface area contributed by atoms with Crippen molar-refractivity contribution in [2.24, 2.45) is 5.73 Å². The van der Waals surface area contributed by atoms with Crippen molar-refractivity contribution in [3.8, 4) is 17.6 Å². The topological polar surface area (TPSA) is 35.2 Å². The van der Waals surface area contributed by atoms with Gasteiger partial charge in [-0.15, -0.1) is 11.8 Å². The van der Waals surface area contributed by atoms with E-state index >= 15 is 0 Å². The molecule has 2 heteroatoms. The lowest BCUT2D eigenvalue weighted by Crippen LogP contribution is -2.21. The van der Waals surface area contributed by atoms with Crippen LogP contribution in [0.2, 0.25) is 0 Å². The van der Waals surface area contributed by atoms with Crippen LogP contribution in [-0.2, 0) is 6.42 Å². The van der Waals surface area contributed by atoms with Crippen molar-refractivity contribution < 1.29 is 4.74 Å². The first kappa shape index (κ1) is 11.6. The monoisotopic (exact) mass is 203 g/mol. The first-order chi connectivity index (χ1) is 7.26. The first-order valence-electron chi connectivity index (χ1n) is 5.04. The van der Waals surface area contributed by atoms with Gasteiger partial charge in [0.1, 0.15) is 5.75 Å². The van der Waals surface area contributed by atoms with E-state index in [1.165, 1.54) is 5.56 Å². The van der Waals surface area contributed by atoms with Crippen LogP contribution < -0.4 is 10.5 Å². The van der Waals surface area contributed by atoms with Gasteiger partial charge in [-0.1, -0.05) is 12.1 Å². The van der Waals surface area contributed by atoms with Gasteiger partial charge in [0.15, 0.2) is 0 Å². The van der Waals surface area contributed by atoms with Gasteiger partial charge in [0.2, 0.25) is 0 Å². The second-order valence-corrected chi connectivity index (χ2v) is 3.45. The van der Waals surface area contributed by atoms with Gasteiger partial charge in [0, 0.05) is 12.5 Å². The van der Waals surface area contributed by atoms with Crippen LogP contribution in [0.1, 0.15) is 18.9 Å². The predicted molar refractivity (Wildman–Crippen MR) is 62.7 cm³/mol. The van der Waals surface area contributed by atoms with Crippen molar-refractivity contribution in [1.29, 1.82) is 0 Å². The molecule has 0 radical (unpaired) electrons. The molecular weight excluding hydrogens is 186 g/mol. The van der Waals surface area contributed by atoms with Gasteiger partial charge in [-0.2, -0.15) is 0 Å². The highest BCUT2D eigenvalue weighted by atomic mass is 16.5. The lowest BCUT2D eigenvalue weighted by molar-refractivity contribution is 0.414. The summed E-state index contributed by atoms with van der Waals surface area (Å²) >= 11 is 0. The Bertz CT molecular complexity index is 362. The molecule has 0 amide bonds. The summed E-state index contributed by atoms with van der Waals surface area (Å²) in [7, 11) is 1.67. The smallest absolute Gasteiger partial charge is 0.119 e. The fourth-order valence-corrected chi connectivity index (χ4v) is 1.41. The molecule has 0 aliphatic heterocycles. The fourth-order valence-electron chi connectivity index (χ4n) is 1.41. The average molecular weight is 203 g/mol. The molecule has 0 aromatic heterocycles. The zero-order valence-corrected chi connectivity index (χ0v) is 9.29. The minimum absolute atomic E-state index is 0.101. The largest absolute Gasteiger partial charge is 0.497 e. The van der Waals surface area contributed by atoms with Gasteiger partial charge in [-0.05, 0) is 31.0 Å². The summed E-state index contributed by atoms with van der Waals surface area (Å²) in [6, 6.07) is 8.08. The molecule has 1 rings (SSSR count). The van der Waals surface area contributed by atoms with Gasteiger partial charge in [-0.25, -0.2) is 0 Å². The molecule has 1 atom stereocenters. The average Bonchev–Trinajstić information content (AvgIpc) is 2.26. The summed E-state index contributed by atoms with van der Waals surface area (Å²) in [5.41, 5.74) is 7.13. The van der Waals surface area contributed by atoms with Gasteiger partial charge >= 0.3 is 0 Å². The van der Waals surface area contributed by atoms with Crippen LogP contribution in [-0.4, -0.2) is 13.2 Å². The number of hydrogen-bond acceptors (Lipinski definition) is 2. The molecule has 0 saturated heterocycles. The third-order valence-corrected chi connectivity index (χ3v) is 2.17. The van der Waals surface area contributed by atoms with E-state index in [0.717, 1.165) is 18.6 Å². The molecule has 2 nitrogen and oxygen atoms in total. The number of nitrogens with two attached hydrogens (primary N) is 1. The second kappa shape index (κ2) is 6.10. The Hall–Kier alpha value is -1.46. The molecule has 0 heterocycles. The van der Waals surface area contributed by atoms with Crippen LogP contribution in [0.25, 0.3) is 0 Å². The molecule has 0 fully saturated rings. The Morgan fingerprint density at radius 1 is 1.47 bits per heavy atom. The SMILES string of the molecule is CC#CCC(N)Cc1cccc(OC)c1. The van der Waals surface area contributed by atoms with Gasteiger partial charge in [-0.3, -0.25) is 0 Å². The quantitative estimate of drug-likeness (QED) is 0.759. The van der Waals surface area contributed by atoms with Crippen molar-refractivity contribution in [2.75, 3.05) is 7.11 Å². The van der Waals surface area contributed by atoms with E-state index in [1.54, 1.807) is 7.11 Å². The molecule has 15 heavy (non-hydrogen) atoms. The molecule has 1 aromatic rings. The van der Waals surface area contributed by atoms with Crippen molar-refractivity contribution >= 4 is 0 Å². The van der Waals surface area contributed by atoms with E-state index in [-0.39, 0.29) is 6.04 Å². The Labute approximate surface area is 91.4 Å². The normalized spacial score (nSPS) is 11.4. The van der Waals surface area contributed by atoms with Crippen molar-refractivity contribution in [2.45, 2.75) is 25.8 Å². The number of methoxy groups -OCH3 is 1. The molecule has 1 unspecified atom stereocenters. The van der Waals surface area contributed by atoms with Crippen LogP contribution in [0, 0.1) is 11.8 Å². The van der Waals surface area contributed by atoms with E-state index < -0.39 is 0 Å². The zero-order valence-electron chi connectivity index (χ0n) is 9.29. The van der Waals surface area contributed by atoms with Gasteiger partial charge in [0.05, 0.1) is 7.11 Å². The van der Waals surface area contributed by atoms with Crippen LogP contribution in [0.5, 0.6) is 5.75 Å². The lowest BCUT2D eigenvalue weighted by Gasteiger charge is -2.09. The summed E-state index contributed by atoms with van der Waals surface area (Å²) in [6.45, 7) is 1.83. The maximum Gasteiger partial charge on any atom is 0.119 e. The van der Waals surface area contributed by atoms with Crippen LogP contribution in [0.15, 0.2) is 24.3 Å². The fraction of sp³-hybridized carbons (Fsp3) is 0.385.